The molecule has 2 saturated heterocycles. The lowest BCUT2D eigenvalue weighted by Gasteiger charge is -1.93. The van der Waals surface area contributed by atoms with Gasteiger partial charge < -0.3 is 29.0 Å². The summed E-state index contributed by atoms with van der Waals surface area (Å²) in [5, 5.41) is 0. The Balaban J connectivity index is 0.000000160. The number of ether oxygens (including phenoxy) is 2. The van der Waals surface area contributed by atoms with E-state index in [-0.39, 0.29) is 12.2 Å². The minimum Gasteiger partial charge on any atom is -0.356 e. The van der Waals surface area contributed by atoms with Crippen molar-refractivity contribution < 1.29 is 38.2 Å². The smallest absolute Gasteiger partial charge is 0.356 e. The highest BCUT2D eigenvalue weighted by Gasteiger charge is 2.49. The molecule has 0 unspecified atom stereocenters. The molecule has 0 spiro atoms. The highest BCUT2D eigenvalue weighted by Crippen LogP contribution is 2.53. The van der Waals surface area contributed by atoms with Gasteiger partial charge in [-0.25, -0.2) is 0 Å². The van der Waals surface area contributed by atoms with E-state index in [0.717, 1.165) is 0 Å². The fourth-order valence-corrected chi connectivity index (χ4v) is 2.85. The molecule has 0 radical (unpaired) electrons. The van der Waals surface area contributed by atoms with Gasteiger partial charge in [0.2, 0.25) is 0 Å². The van der Waals surface area contributed by atoms with Crippen LogP contribution in [0.3, 0.4) is 0 Å². The van der Waals surface area contributed by atoms with Gasteiger partial charge in [-0.1, -0.05) is 0 Å². The van der Waals surface area contributed by atoms with Crippen molar-refractivity contribution in [2.75, 3.05) is 0 Å². The van der Waals surface area contributed by atoms with Crippen LogP contribution in [0.1, 0.15) is 13.8 Å². The molecule has 16 heavy (non-hydrogen) atoms. The maximum Gasteiger partial charge on any atom is 0.356 e. The summed E-state index contributed by atoms with van der Waals surface area (Å²) in [4.78, 5) is 33.3. The van der Waals surface area contributed by atoms with Crippen LogP contribution in [0.2, 0.25) is 0 Å². The molecule has 4 N–H and O–H groups in total. The van der Waals surface area contributed by atoms with Crippen molar-refractivity contribution in [1.29, 1.82) is 0 Å². The molecule has 0 aromatic rings. The van der Waals surface area contributed by atoms with Crippen molar-refractivity contribution in [2.24, 2.45) is 0 Å². The summed E-state index contributed by atoms with van der Waals surface area (Å²) >= 11 is 0. The van der Waals surface area contributed by atoms with Gasteiger partial charge in [0.15, 0.2) is 11.7 Å². The molecule has 8 nitrogen and oxygen atoms in total. The van der Waals surface area contributed by atoms with Gasteiger partial charge in [-0.2, -0.15) is 0 Å². The average molecular weight is 276 g/mol. The van der Waals surface area contributed by atoms with Gasteiger partial charge in [0, 0.05) is 0 Å². The number of hydrogen-bond acceptors (Lipinski definition) is 4. The van der Waals surface area contributed by atoms with E-state index < -0.39 is 26.9 Å². The van der Waals surface area contributed by atoms with Crippen LogP contribution >= 0.6 is 15.2 Å². The summed E-state index contributed by atoms with van der Waals surface area (Å²) in [5.74, 6) is -1.63. The lowest BCUT2D eigenvalue weighted by Crippen LogP contribution is -1.89. The average Bonchev–Trinajstić information content (AvgIpc) is 2.86. The first-order valence-corrected chi connectivity index (χ1v) is 7.81. The van der Waals surface area contributed by atoms with Crippen molar-refractivity contribution in [2.45, 2.75) is 37.7 Å². The first-order chi connectivity index (χ1) is 7.03. The van der Waals surface area contributed by atoms with Crippen molar-refractivity contribution in [3.05, 3.63) is 0 Å². The predicted octanol–water partition coefficient (Wildman–Crippen LogP) is -0.182. The zero-order valence-electron chi connectivity index (χ0n) is 8.63. The fraction of sp³-hybridized carbons (Fsp3) is 1.00. The van der Waals surface area contributed by atoms with Crippen molar-refractivity contribution in [3.8, 4) is 0 Å². The zero-order chi connectivity index (χ0) is 12.7. The zero-order valence-corrected chi connectivity index (χ0v) is 10.4. The van der Waals surface area contributed by atoms with Crippen LogP contribution in [0.5, 0.6) is 0 Å². The van der Waals surface area contributed by atoms with Gasteiger partial charge in [-0.05, 0) is 13.8 Å². The lowest BCUT2D eigenvalue weighted by atomic mass is 10.6. The molecule has 2 aliphatic heterocycles. The van der Waals surface area contributed by atoms with E-state index in [1.54, 1.807) is 13.8 Å². The lowest BCUT2D eigenvalue weighted by molar-refractivity contribution is 0.332. The third kappa shape index (κ3) is 4.24. The Morgan fingerprint density at radius 1 is 0.812 bits per heavy atom. The molecule has 2 heterocycles. The molecule has 0 aromatic carbocycles. The van der Waals surface area contributed by atoms with E-state index in [4.69, 9.17) is 19.6 Å². The maximum atomic E-state index is 10.2. The molecule has 0 aliphatic carbocycles. The van der Waals surface area contributed by atoms with Crippen LogP contribution in [-0.2, 0) is 18.6 Å². The second-order valence-corrected chi connectivity index (χ2v) is 7.02. The van der Waals surface area contributed by atoms with Gasteiger partial charge in [-0.15, -0.1) is 0 Å². The quantitative estimate of drug-likeness (QED) is 0.402. The van der Waals surface area contributed by atoms with E-state index in [9.17, 15) is 9.13 Å². The van der Waals surface area contributed by atoms with Crippen LogP contribution < -0.4 is 0 Å². The molecular formula is C6H14O8P2. The summed E-state index contributed by atoms with van der Waals surface area (Å²) in [5.41, 5.74) is 0. The van der Waals surface area contributed by atoms with Gasteiger partial charge >= 0.3 is 15.2 Å². The van der Waals surface area contributed by atoms with Gasteiger partial charge in [-0.3, -0.25) is 9.13 Å². The maximum absolute atomic E-state index is 10.2. The van der Waals surface area contributed by atoms with Crippen LogP contribution in [0, 0.1) is 0 Å². The van der Waals surface area contributed by atoms with Gasteiger partial charge in [0.25, 0.3) is 0 Å². The Labute approximate surface area is 91.9 Å². The predicted molar refractivity (Wildman–Crippen MR) is 52.8 cm³/mol. The topological polar surface area (TPSA) is 140 Å². The summed E-state index contributed by atoms with van der Waals surface area (Å²) in [6.45, 7) is 3.26. The first kappa shape index (κ1) is 14.3. The summed E-state index contributed by atoms with van der Waals surface area (Å²) < 4.78 is 29.4. The minimum atomic E-state index is -3.90. The van der Waals surface area contributed by atoms with Crippen molar-refractivity contribution in [1.82, 2.24) is 0 Å². The second kappa shape index (κ2) is 4.48. The molecule has 2 rings (SSSR count). The largest absolute Gasteiger partial charge is 0.356 e. The minimum absolute atomic E-state index is 0.254. The second-order valence-electron chi connectivity index (χ2n) is 3.64. The Morgan fingerprint density at radius 2 is 1.00 bits per heavy atom. The van der Waals surface area contributed by atoms with Crippen LogP contribution in [0.4, 0.5) is 0 Å². The molecule has 4 atom stereocenters. The molecule has 0 amide bonds. The summed E-state index contributed by atoms with van der Waals surface area (Å²) in [6, 6.07) is 0. The Hall–Kier alpha value is 0.220. The fourth-order valence-electron chi connectivity index (χ4n) is 1.05. The van der Waals surface area contributed by atoms with Crippen molar-refractivity contribution >= 4 is 15.2 Å². The molecule has 0 saturated carbocycles. The Morgan fingerprint density at radius 3 is 1.00 bits per heavy atom. The van der Waals surface area contributed by atoms with Crippen LogP contribution in [0.25, 0.3) is 0 Å². The highest BCUT2D eigenvalue weighted by molar-refractivity contribution is 7.53. The normalized spacial score (nSPS) is 37.4. The number of rotatable bonds is 2. The number of hydrogen-bond donors (Lipinski definition) is 4. The SMILES string of the molecule is C[C@@H]1O[C@@H]1P(=O)(O)O.C[C@@H]1O[C@@H]1P(=O)(O)O. The molecule has 0 bridgehead atoms. The van der Waals surface area contributed by atoms with Gasteiger partial charge in [0.1, 0.15) is 0 Å². The van der Waals surface area contributed by atoms with E-state index in [2.05, 4.69) is 9.47 Å². The Bertz CT molecular complexity index is 310. The number of epoxide rings is 2. The molecule has 10 heteroatoms. The first-order valence-electron chi connectivity index (χ1n) is 4.45. The highest BCUT2D eigenvalue weighted by atomic mass is 31.2. The molecule has 0 aromatic heterocycles. The van der Waals surface area contributed by atoms with E-state index in [1.165, 1.54) is 0 Å². The van der Waals surface area contributed by atoms with Crippen LogP contribution in [-0.4, -0.2) is 43.5 Å². The Kier molecular flexibility index (Phi) is 4.00. The van der Waals surface area contributed by atoms with E-state index in [0.29, 0.717) is 0 Å². The third-order valence-corrected chi connectivity index (χ3v) is 4.43. The summed E-state index contributed by atoms with van der Waals surface area (Å²) in [6.07, 6.45) is -0.508. The standard InChI is InChI=1S/2C3H7O4P/c2*1-2-3(7-2)8(4,5)6/h2*2-3H,1H3,(H2,4,5,6)/t2*2-,3+/m00/s1. The molecule has 96 valence electrons. The van der Waals surface area contributed by atoms with Crippen molar-refractivity contribution in [3.63, 3.8) is 0 Å². The van der Waals surface area contributed by atoms with E-state index in [1.807, 2.05) is 0 Å². The third-order valence-electron chi connectivity index (χ3n) is 2.02. The molecular weight excluding hydrogens is 262 g/mol. The molecule has 2 fully saturated rings. The molecule has 2 aliphatic rings. The van der Waals surface area contributed by atoms with E-state index >= 15 is 0 Å². The van der Waals surface area contributed by atoms with Gasteiger partial charge in [0.05, 0.1) is 12.2 Å². The van der Waals surface area contributed by atoms with Crippen LogP contribution in [0.15, 0.2) is 0 Å². The monoisotopic (exact) mass is 276 g/mol. The summed E-state index contributed by atoms with van der Waals surface area (Å²) in [7, 11) is -7.81.